The van der Waals surface area contributed by atoms with E-state index in [0.717, 1.165) is 5.56 Å². The van der Waals surface area contributed by atoms with Crippen molar-refractivity contribution in [1.29, 1.82) is 0 Å². The van der Waals surface area contributed by atoms with Crippen LogP contribution in [0.4, 0.5) is 0 Å². The highest BCUT2D eigenvalue weighted by atomic mass is 16.7. The summed E-state index contributed by atoms with van der Waals surface area (Å²) in [4.78, 5) is 27.8. The molecule has 160 valence electrons. The molecular formula is C24H24N2O5. The summed E-state index contributed by atoms with van der Waals surface area (Å²) in [5.74, 6) is 0.805. The van der Waals surface area contributed by atoms with Crippen molar-refractivity contribution in [3.8, 4) is 17.2 Å². The number of benzene rings is 2. The van der Waals surface area contributed by atoms with Crippen LogP contribution in [0, 0.1) is 6.92 Å². The van der Waals surface area contributed by atoms with Crippen LogP contribution in [0.25, 0.3) is 5.69 Å². The highest BCUT2D eigenvalue weighted by molar-refractivity contribution is 5.95. The van der Waals surface area contributed by atoms with Crippen molar-refractivity contribution in [2.45, 2.75) is 19.4 Å². The summed E-state index contributed by atoms with van der Waals surface area (Å²) in [5, 5.41) is 10.4. The van der Waals surface area contributed by atoms with Crippen LogP contribution in [0.1, 0.15) is 34.0 Å². The molecule has 1 aliphatic rings. The molecule has 0 bridgehead atoms. The Kier molecular flexibility index (Phi) is 5.77. The maximum Gasteiger partial charge on any atom is 0.268 e. The Morgan fingerprint density at radius 2 is 1.87 bits per heavy atom. The summed E-state index contributed by atoms with van der Waals surface area (Å²) >= 11 is 0. The van der Waals surface area contributed by atoms with Gasteiger partial charge in [0.2, 0.25) is 6.79 Å². The molecule has 31 heavy (non-hydrogen) atoms. The molecule has 7 nitrogen and oxygen atoms in total. The number of hydrogen-bond acceptors (Lipinski definition) is 5. The van der Waals surface area contributed by atoms with E-state index < -0.39 is 11.7 Å². The fraction of sp³-hybridized carbons (Fsp3) is 0.250. The van der Waals surface area contributed by atoms with Crippen LogP contribution in [-0.2, 0) is 0 Å². The lowest BCUT2D eigenvalue weighted by Gasteiger charge is -2.20. The van der Waals surface area contributed by atoms with Gasteiger partial charge in [-0.2, -0.15) is 0 Å². The van der Waals surface area contributed by atoms with E-state index in [4.69, 9.17) is 9.47 Å². The number of hydrogen-bond donors (Lipinski definition) is 1. The van der Waals surface area contributed by atoms with Gasteiger partial charge in [-0.3, -0.25) is 14.2 Å². The summed E-state index contributed by atoms with van der Waals surface area (Å²) in [6, 6.07) is 16.2. The average Bonchev–Trinajstić information content (AvgIpc) is 3.25. The fourth-order valence-electron chi connectivity index (χ4n) is 3.58. The number of fused-ring (bicyclic) bond motifs is 1. The van der Waals surface area contributed by atoms with Gasteiger partial charge in [-0.15, -0.1) is 0 Å². The first-order valence-corrected chi connectivity index (χ1v) is 10.1. The van der Waals surface area contributed by atoms with Gasteiger partial charge in [0.1, 0.15) is 5.56 Å². The molecule has 1 atom stereocenters. The lowest BCUT2D eigenvalue weighted by Crippen LogP contribution is -2.35. The molecule has 2 aromatic carbocycles. The maximum atomic E-state index is 13.2. The molecule has 1 unspecified atom stereocenters. The van der Waals surface area contributed by atoms with Gasteiger partial charge in [-0.25, -0.2) is 0 Å². The molecule has 1 aliphatic heterocycles. The second-order valence-corrected chi connectivity index (χ2v) is 7.53. The minimum atomic E-state index is -0.682. The van der Waals surface area contributed by atoms with Gasteiger partial charge in [-0.1, -0.05) is 30.3 Å². The van der Waals surface area contributed by atoms with E-state index in [1.165, 1.54) is 9.47 Å². The van der Waals surface area contributed by atoms with Crippen molar-refractivity contribution in [3.05, 3.63) is 87.8 Å². The standard InChI is InChI=1S/C24H24N2O5/c1-16-10-13-26(18-8-9-20-21(14-18)31-15-30-20)24(29)22(16)23(28)25(2)12-11-19(27)17-6-4-3-5-7-17/h3-10,13-14,19,27H,11-12,15H2,1-2H3. The molecule has 7 heteroatoms. The first-order chi connectivity index (χ1) is 15.0. The number of carbonyl (C=O) groups excluding carboxylic acids is 1. The normalized spacial score (nSPS) is 13.1. The predicted octanol–water partition coefficient (Wildman–Crippen LogP) is 3.07. The number of rotatable bonds is 6. The molecule has 0 fully saturated rings. The summed E-state index contributed by atoms with van der Waals surface area (Å²) < 4.78 is 12.1. The van der Waals surface area contributed by atoms with E-state index in [1.54, 1.807) is 44.4 Å². The molecule has 0 spiro atoms. The van der Waals surface area contributed by atoms with Gasteiger partial charge in [0, 0.05) is 25.9 Å². The SMILES string of the molecule is Cc1ccn(-c2ccc3c(c2)OCO3)c(=O)c1C(=O)N(C)CCC(O)c1ccccc1. The zero-order valence-corrected chi connectivity index (χ0v) is 17.4. The number of aliphatic hydroxyl groups is 1. The lowest BCUT2D eigenvalue weighted by atomic mass is 10.1. The van der Waals surface area contributed by atoms with Crippen molar-refractivity contribution < 1.29 is 19.4 Å². The Hall–Kier alpha value is -3.58. The highest BCUT2D eigenvalue weighted by Gasteiger charge is 2.22. The van der Waals surface area contributed by atoms with E-state index in [0.29, 0.717) is 35.7 Å². The minimum absolute atomic E-state index is 0.108. The number of aliphatic hydroxyl groups excluding tert-OH is 1. The van der Waals surface area contributed by atoms with Crippen molar-refractivity contribution in [2.75, 3.05) is 20.4 Å². The molecular weight excluding hydrogens is 396 g/mol. The Morgan fingerprint density at radius 3 is 2.65 bits per heavy atom. The second-order valence-electron chi connectivity index (χ2n) is 7.53. The molecule has 4 rings (SSSR count). The van der Waals surface area contributed by atoms with Gasteiger partial charge in [0.15, 0.2) is 11.5 Å². The van der Waals surface area contributed by atoms with Crippen molar-refractivity contribution in [2.24, 2.45) is 0 Å². The Bertz CT molecular complexity index is 1160. The van der Waals surface area contributed by atoms with Gasteiger partial charge in [-0.05, 0) is 42.7 Å². The van der Waals surface area contributed by atoms with Crippen LogP contribution in [0.5, 0.6) is 11.5 Å². The monoisotopic (exact) mass is 420 g/mol. The summed E-state index contributed by atoms with van der Waals surface area (Å²) in [6.45, 7) is 2.20. The molecule has 1 N–H and O–H groups in total. The third-order valence-corrected chi connectivity index (χ3v) is 5.42. The number of aryl methyl sites for hydroxylation is 1. The van der Waals surface area contributed by atoms with Gasteiger partial charge in [0.05, 0.1) is 11.8 Å². The van der Waals surface area contributed by atoms with Gasteiger partial charge < -0.3 is 19.5 Å². The first kappa shape index (κ1) is 20.7. The van der Waals surface area contributed by atoms with Crippen LogP contribution in [0.3, 0.4) is 0 Å². The minimum Gasteiger partial charge on any atom is -0.454 e. The molecule has 1 amide bonds. The number of ether oxygens (including phenoxy) is 2. The Morgan fingerprint density at radius 1 is 1.13 bits per heavy atom. The van der Waals surface area contributed by atoms with Crippen LogP contribution in [0.2, 0.25) is 0 Å². The predicted molar refractivity (Wildman–Crippen MR) is 116 cm³/mol. The number of carbonyl (C=O) groups is 1. The van der Waals surface area contributed by atoms with Gasteiger partial charge >= 0.3 is 0 Å². The highest BCUT2D eigenvalue weighted by Crippen LogP contribution is 2.33. The van der Waals surface area contributed by atoms with E-state index in [9.17, 15) is 14.7 Å². The third-order valence-electron chi connectivity index (χ3n) is 5.42. The number of nitrogens with zero attached hydrogens (tertiary/aromatic N) is 2. The molecule has 3 aromatic rings. The zero-order chi connectivity index (χ0) is 22.0. The molecule has 2 heterocycles. The second kappa shape index (κ2) is 8.65. The fourth-order valence-corrected chi connectivity index (χ4v) is 3.58. The van der Waals surface area contributed by atoms with E-state index in [1.807, 2.05) is 30.3 Å². The van der Waals surface area contributed by atoms with Crippen LogP contribution in [-0.4, -0.2) is 40.9 Å². The van der Waals surface area contributed by atoms with Crippen LogP contribution >= 0.6 is 0 Å². The van der Waals surface area contributed by atoms with Crippen molar-refractivity contribution in [3.63, 3.8) is 0 Å². The van der Waals surface area contributed by atoms with Crippen LogP contribution < -0.4 is 15.0 Å². The number of amides is 1. The Balaban J connectivity index is 1.55. The quantitative estimate of drug-likeness (QED) is 0.663. The maximum absolute atomic E-state index is 13.2. The van der Waals surface area contributed by atoms with Gasteiger partial charge in [0.25, 0.3) is 11.5 Å². The zero-order valence-electron chi connectivity index (χ0n) is 17.4. The first-order valence-electron chi connectivity index (χ1n) is 10.1. The van der Waals surface area contributed by atoms with E-state index in [-0.39, 0.29) is 18.3 Å². The molecule has 1 aromatic heterocycles. The lowest BCUT2D eigenvalue weighted by molar-refractivity contribution is 0.0758. The number of pyridine rings is 1. The smallest absolute Gasteiger partial charge is 0.268 e. The molecule has 0 saturated carbocycles. The summed E-state index contributed by atoms with van der Waals surface area (Å²) in [5.41, 5.74) is 1.69. The Labute approximate surface area is 180 Å². The molecule has 0 radical (unpaired) electrons. The number of aromatic nitrogens is 1. The topological polar surface area (TPSA) is 81.0 Å². The molecule has 0 aliphatic carbocycles. The molecule has 0 saturated heterocycles. The van der Waals surface area contributed by atoms with E-state index in [2.05, 4.69) is 0 Å². The van der Waals surface area contributed by atoms with E-state index >= 15 is 0 Å². The average molecular weight is 420 g/mol. The largest absolute Gasteiger partial charge is 0.454 e. The van der Waals surface area contributed by atoms with Crippen molar-refractivity contribution >= 4 is 5.91 Å². The van der Waals surface area contributed by atoms with Crippen molar-refractivity contribution in [1.82, 2.24) is 9.47 Å². The summed E-state index contributed by atoms with van der Waals surface area (Å²) in [7, 11) is 1.64. The summed E-state index contributed by atoms with van der Waals surface area (Å²) in [6.07, 6.45) is 1.33. The van der Waals surface area contributed by atoms with Crippen LogP contribution in [0.15, 0.2) is 65.6 Å². The third kappa shape index (κ3) is 4.18.